The van der Waals surface area contributed by atoms with Crippen LogP contribution in [0.25, 0.3) is 0 Å². The minimum atomic E-state index is -3.06. The molecular formula is C10H9ClF3NO2. The molecule has 94 valence electrons. The average molecular weight is 268 g/mol. The predicted molar refractivity (Wildman–Crippen MR) is 55.6 cm³/mol. The van der Waals surface area contributed by atoms with Crippen molar-refractivity contribution in [1.82, 2.24) is 5.32 Å². The summed E-state index contributed by atoms with van der Waals surface area (Å²) in [5.41, 5.74) is -0.147. The van der Waals surface area contributed by atoms with Gasteiger partial charge in [-0.3, -0.25) is 4.79 Å². The van der Waals surface area contributed by atoms with Crippen LogP contribution < -0.4 is 10.1 Å². The van der Waals surface area contributed by atoms with E-state index < -0.39 is 18.3 Å². The maximum Gasteiger partial charge on any atom is 0.387 e. The van der Waals surface area contributed by atoms with Crippen LogP contribution in [-0.4, -0.2) is 18.4 Å². The summed E-state index contributed by atoms with van der Waals surface area (Å²) in [5, 5.41) is 2.27. The first-order chi connectivity index (χ1) is 8.04. The Hall–Kier alpha value is -1.43. The third kappa shape index (κ3) is 4.14. The molecule has 1 amide bonds. The molecule has 1 aromatic rings. The number of alkyl halides is 3. The quantitative estimate of drug-likeness (QED) is 0.831. The van der Waals surface area contributed by atoms with Crippen LogP contribution in [0, 0.1) is 5.82 Å². The van der Waals surface area contributed by atoms with Crippen molar-refractivity contribution in [2.45, 2.75) is 13.2 Å². The van der Waals surface area contributed by atoms with Gasteiger partial charge in [0.05, 0.1) is 0 Å². The second-order valence-electron chi connectivity index (χ2n) is 3.01. The van der Waals surface area contributed by atoms with E-state index in [0.717, 1.165) is 6.07 Å². The molecule has 0 saturated heterocycles. The smallest absolute Gasteiger partial charge is 0.387 e. The molecule has 7 heteroatoms. The molecule has 17 heavy (non-hydrogen) atoms. The highest BCUT2D eigenvalue weighted by Gasteiger charge is 2.14. The van der Waals surface area contributed by atoms with E-state index in [4.69, 9.17) is 11.6 Å². The Morgan fingerprint density at radius 3 is 2.76 bits per heavy atom. The molecule has 0 aliphatic carbocycles. The highest BCUT2D eigenvalue weighted by molar-refractivity contribution is 6.27. The van der Waals surface area contributed by atoms with Gasteiger partial charge < -0.3 is 10.1 Å². The van der Waals surface area contributed by atoms with Gasteiger partial charge in [-0.05, 0) is 12.1 Å². The van der Waals surface area contributed by atoms with Gasteiger partial charge in [-0.2, -0.15) is 8.78 Å². The largest absolute Gasteiger partial charge is 0.434 e. The van der Waals surface area contributed by atoms with Gasteiger partial charge in [0.25, 0.3) is 0 Å². The van der Waals surface area contributed by atoms with Crippen LogP contribution in [0.3, 0.4) is 0 Å². The maximum atomic E-state index is 13.3. The molecule has 0 aliphatic rings. The van der Waals surface area contributed by atoms with Gasteiger partial charge in [-0.15, -0.1) is 11.6 Å². The van der Waals surface area contributed by atoms with Crippen molar-refractivity contribution in [1.29, 1.82) is 0 Å². The Morgan fingerprint density at radius 2 is 2.18 bits per heavy atom. The van der Waals surface area contributed by atoms with E-state index in [1.165, 1.54) is 12.1 Å². The molecule has 0 saturated carbocycles. The first kappa shape index (κ1) is 13.6. The van der Waals surface area contributed by atoms with E-state index in [-0.39, 0.29) is 23.7 Å². The number of halogens is 4. The summed E-state index contributed by atoms with van der Waals surface area (Å²) in [4.78, 5) is 10.9. The summed E-state index contributed by atoms with van der Waals surface area (Å²) in [5.74, 6) is -1.87. The molecule has 3 nitrogen and oxygen atoms in total. The normalized spacial score (nSPS) is 10.4. The van der Waals surface area contributed by atoms with Crippen molar-refractivity contribution < 1.29 is 22.7 Å². The first-order valence-electron chi connectivity index (χ1n) is 4.59. The van der Waals surface area contributed by atoms with Crippen molar-refractivity contribution in [2.75, 3.05) is 5.88 Å². The van der Waals surface area contributed by atoms with Crippen molar-refractivity contribution in [3.63, 3.8) is 0 Å². The highest BCUT2D eigenvalue weighted by atomic mass is 35.5. The standard InChI is InChI=1S/C10H9ClF3NO2/c11-4-9(16)15-5-6-7(12)2-1-3-8(6)17-10(13)14/h1-3,10H,4-5H2,(H,15,16). The average Bonchev–Trinajstić information content (AvgIpc) is 2.27. The Balaban J connectivity index is 2.83. The predicted octanol–water partition coefficient (Wildman–Crippen LogP) is 2.28. The first-order valence-corrected chi connectivity index (χ1v) is 5.13. The molecule has 1 rings (SSSR count). The fraction of sp³-hybridized carbons (Fsp3) is 0.300. The van der Waals surface area contributed by atoms with Gasteiger partial charge in [-0.1, -0.05) is 6.07 Å². The minimum absolute atomic E-state index is 0.147. The zero-order valence-electron chi connectivity index (χ0n) is 8.55. The van der Waals surface area contributed by atoms with E-state index in [0.29, 0.717) is 0 Å². The zero-order valence-corrected chi connectivity index (χ0v) is 9.31. The van der Waals surface area contributed by atoms with Crippen LogP contribution in [0.2, 0.25) is 0 Å². The van der Waals surface area contributed by atoms with Crippen LogP contribution in [-0.2, 0) is 11.3 Å². The van der Waals surface area contributed by atoms with Crippen molar-refractivity contribution in [3.8, 4) is 5.75 Å². The zero-order chi connectivity index (χ0) is 12.8. The number of ether oxygens (including phenoxy) is 1. The lowest BCUT2D eigenvalue weighted by Crippen LogP contribution is -2.24. The molecule has 0 fully saturated rings. The van der Waals surface area contributed by atoms with Gasteiger partial charge in [0.1, 0.15) is 17.4 Å². The Bertz CT molecular complexity index is 401. The van der Waals surface area contributed by atoms with Crippen LogP contribution in [0.5, 0.6) is 5.75 Å². The van der Waals surface area contributed by atoms with Crippen LogP contribution >= 0.6 is 11.6 Å². The summed E-state index contributed by atoms with van der Waals surface area (Å²) in [6.45, 7) is -3.32. The van der Waals surface area contributed by atoms with Gasteiger partial charge in [0, 0.05) is 12.1 Å². The van der Waals surface area contributed by atoms with Crippen molar-refractivity contribution >= 4 is 17.5 Å². The second kappa shape index (κ2) is 6.34. The van der Waals surface area contributed by atoms with E-state index in [1.54, 1.807) is 0 Å². The van der Waals surface area contributed by atoms with Gasteiger partial charge >= 0.3 is 6.61 Å². The molecule has 0 radical (unpaired) electrons. The molecule has 0 unspecified atom stereocenters. The van der Waals surface area contributed by atoms with Crippen LogP contribution in [0.1, 0.15) is 5.56 Å². The molecule has 0 atom stereocenters. The van der Waals surface area contributed by atoms with Gasteiger partial charge in [0.2, 0.25) is 5.91 Å². The number of carbonyl (C=O) groups is 1. The fourth-order valence-corrected chi connectivity index (χ4v) is 1.25. The van der Waals surface area contributed by atoms with E-state index in [1.807, 2.05) is 0 Å². The third-order valence-corrected chi connectivity index (χ3v) is 2.12. The Morgan fingerprint density at radius 1 is 1.47 bits per heavy atom. The lowest BCUT2D eigenvalue weighted by molar-refractivity contribution is -0.118. The van der Waals surface area contributed by atoms with E-state index in [2.05, 4.69) is 10.1 Å². The van der Waals surface area contributed by atoms with E-state index in [9.17, 15) is 18.0 Å². The fourth-order valence-electron chi connectivity index (χ4n) is 1.15. The van der Waals surface area contributed by atoms with Crippen molar-refractivity contribution in [2.24, 2.45) is 0 Å². The highest BCUT2D eigenvalue weighted by Crippen LogP contribution is 2.23. The van der Waals surface area contributed by atoms with Crippen LogP contribution in [0.15, 0.2) is 18.2 Å². The lowest BCUT2D eigenvalue weighted by Gasteiger charge is -2.11. The molecule has 1 N–H and O–H groups in total. The second-order valence-corrected chi connectivity index (χ2v) is 3.27. The molecular weight excluding hydrogens is 259 g/mol. The van der Waals surface area contributed by atoms with E-state index >= 15 is 0 Å². The van der Waals surface area contributed by atoms with Gasteiger partial charge in [0.15, 0.2) is 0 Å². The Kier molecular flexibility index (Phi) is 5.09. The molecule has 0 aromatic heterocycles. The summed E-state index contributed by atoms with van der Waals surface area (Å²) >= 11 is 5.23. The number of hydrogen-bond acceptors (Lipinski definition) is 2. The van der Waals surface area contributed by atoms with Crippen molar-refractivity contribution in [3.05, 3.63) is 29.6 Å². The number of hydrogen-bond donors (Lipinski definition) is 1. The number of rotatable bonds is 5. The molecule has 0 bridgehead atoms. The van der Waals surface area contributed by atoms with Gasteiger partial charge in [-0.25, -0.2) is 4.39 Å². The molecule has 0 heterocycles. The lowest BCUT2D eigenvalue weighted by atomic mass is 10.2. The van der Waals surface area contributed by atoms with Crippen LogP contribution in [0.4, 0.5) is 13.2 Å². The monoisotopic (exact) mass is 267 g/mol. The number of benzene rings is 1. The summed E-state index contributed by atoms with van der Waals surface area (Å²) < 4.78 is 41.6. The SMILES string of the molecule is O=C(CCl)NCc1c(F)cccc1OC(F)F. The molecule has 1 aromatic carbocycles. The number of amides is 1. The topological polar surface area (TPSA) is 38.3 Å². The number of carbonyl (C=O) groups excluding carboxylic acids is 1. The minimum Gasteiger partial charge on any atom is -0.434 e. The maximum absolute atomic E-state index is 13.3. The summed E-state index contributed by atoms with van der Waals surface area (Å²) in [6.07, 6.45) is 0. The third-order valence-electron chi connectivity index (χ3n) is 1.88. The Labute approximate surface area is 101 Å². The summed E-state index contributed by atoms with van der Waals surface area (Å²) in [6, 6.07) is 3.51. The molecule has 0 spiro atoms. The molecule has 0 aliphatic heterocycles. The number of nitrogens with one attached hydrogen (secondary N) is 1. The summed E-state index contributed by atoms with van der Waals surface area (Å²) in [7, 11) is 0.